The number of alkyl halides is 3. The van der Waals surface area contributed by atoms with Crippen molar-refractivity contribution in [1.29, 1.82) is 0 Å². The second kappa shape index (κ2) is 7.49. The summed E-state index contributed by atoms with van der Waals surface area (Å²) in [6.07, 6.45) is -0.998. The Kier molecular flexibility index (Phi) is 5.31. The van der Waals surface area contributed by atoms with Crippen molar-refractivity contribution in [3.8, 4) is 17.0 Å². The highest BCUT2D eigenvalue weighted by Gasteiger charge is 2.32. The van der Waals surface area contributed by atoms with Crippen molar-refractivity contribution in [3.05, 3.63) is 35.4 Å². The molecule has 1 saturated heterocycles. The van der Waals surface area contributed by atoms with E-state index >= 15 is 0 Å². The van der Waals surface area contributed by atoms with Crippen LogP contribution >= 0.6 is 0 Å². The van der Waals surface area contributed by atoms with Crippen LogP contribution in [-0.2, 0) is 6.18 Å². The molecule has 2 aromatic rings. The summed E-state index contributed by atoms with van der Waals surface area (Å²) in [5.74, 6) is 0.129. The van der Waals surface area contributed by atoms with Gasteiger partial charge in [0.15, 0.2) is 0 Å². The summed E-state index contributed by atoms with van der Waals surface area (Å²) in [4.78, 5) is 0. The molecule has 3 N–H and O–H groups in total. The van der Waals surface area contributed by atoms with Crippen LogP contribution in [0.15, 0.2) is 24.3 Å². The minimum atomic E-state index is -4.51. The van der Waals surface area contributed by atoms with E-state index in [1.165, 1.54) is 19.8 Å². The lowest BCUT2D eigenvalue weighted by molar-refractivity contribution is -0.137. The molecule has 1 atom stereocenters. The Morgan fingerprint density at radius 2 is 2.04 bits per heavy atom. The molecule has 0 aliphatic carbocycles. The quantitative estimate of drug-likeness (QED) is 0.769. The minimum Gasteiger partial charge on any atom is -0.507 e. The number of phenolic OH excluding ortho intramolecular Hbond substituents is 1. The highest BCUT2D eigenvalue weighted by molar-refractivity contribution is 5.71. The molecule has 5 nitrogen and oxygen atoms in total. The standard InChI is InChI=1S/C18H21F3N4O/c1-11-8-12(18(19,20)21)9-15(26)17(11)14-5-6-16(25-24-14)23-10-13-4-2-3-7-22-13/h5-6,8-9,13,22,26H,2-4,7,10H2,1H3,(H,23,25)/t13-/m1/s1. The van der Waals surface area contributed by atoms with Gasteiger partial charge in [0.05, 0.1) is 11.3 Å². The van der Waals surface area contributed by atoms with E-state index < -0.39 is 17.5 Å². The number of nitrogens with zero attached hydrogens (tertiary/aromatic N) is 2. The first-order valence-corrected chi connectivity index (χ1v) is 8.57. The number of aromatic nitrogens is 2. The summed E-state index contributed by atoms with van der Waals surface area (Å²) in [5.41, 5.74) is -0.0118. The van der Waals surface area contributed by atoms with Gasteiger partial charge in [0, 0.05) is 18.2 Å². The van der Waals surface area contributed by atoms with Crippen LogP contribution < -0.4 is 10.6 Å². The van der Waals surface area contributed by atoms with Crippen LogP contribution in [-0.4, -0.2) is 34.4 Å². The maximum Gasteiger partial charge on any atom is 0.416 e. The van der Waals surface area contributed by atoms with Gasteiger partial charge in [-0.15, -0.1) is 10.2 Å². The molecule has 8 heteroatoms. The zero-order chi connectivity index (χ0) is 18.7. The summed E-state index contributed by atoms with van der Waals surface area (Å²) >= 11 is 0. The van der Waals surface area contributed by atoms with Gasteiger partial charge in [-0.1, -0.05) is 6.42 Å². The molecule has 2 heterocycles. The third-order valence-electron chi connectivity index (χ3n) is 4.50. The van der Waals surface area contributed by atoms with Crippen molar-refractivity contribution in [2.45, 2.75) is 38.4 Å². The van der Waals surface area contributed by atoms with Gasteiger partial charge >= 0.3 is 6.18 Å². The van der Waals surface area contributed by atoms with Crippen molar-refractivity contribution < 1.29 is 18.3 Å². The molecular weight excluding hydrogens is 345 g/mol. The third-order valence-corrected chi connectivity index (χ3v) is 4.50. The number of halogens is 3. The van der Waals surface area contributed by atoms with Gasteiger partial charge in [-0.2, -0.15) is 13.2 Å². The van der Waals surface area contributed by atoms with E-state index in [4.69, 9.17) is 0 Å². The van der Waals surface area contributed by atoms with Crippen LogP contribution in [0.1, 0.15) is 30.4 Å². The number of aryl methyl sites for hydroxylation is 1. The summed E-state index contributed by atoms with van der Waals surface area (Å²) in [7, 11) is 0. The molecule has 0 bridgehead atoms. The molecule has 1 aromatic carbocycles. The summed E-state index contributed by atoms with van der Waals surface area (Å²) in [6.45, 7) is 3.26. The number of hydrogen-bond acceptors (Lipinski definition) is 5. The van der Waals surface area contributed by atoms with Gasteiger partial charge in [0.1, 0.15) is 11.6 Å². The van der Waals surface area contributed by atoms with Gasteiger partial charge in [0.2, 0.25) is 0 Å². The molecule has 0 saturated carbocycles. The summed E-state index contributed by atoms with van der Waals surface area (Å²) in [6, 6.07) is 5.45. The van der Waals surface area contributed by atoms with Gasteiger partial charge in [-0.25, -0.2) is 0 Å². The fourth-order valence-corrected chi connectivity index (χ4v) is 3.15. The van der Waals surface area contributed by atoms with Crippen molar-refractivity contribution >= 4 is 5.82 Å². The molecule has 0 spiro atoms. The number of nitrogens with one attached hydrogen (secondary N) is 2. The molecule has 0 unspecified atom stereocenters. The van der Waals surface area contributed by atoms with Crippen LogP contribution in [0.5, 0.6) is 5.75 Å². The van der Waals surface area contributed by atoms with E-state index in [9.17, 15) is 18.3 Å². The monoisotopic (exact) mass is 366 g/mol. The molecule has 140 valence electrons. The Labute approximate surface area is 149 Å². The number of piperidine rings is 1. The molecule has 1 aromatic heterocycles. The largest absolute Gasteiger partial charge is 0.507 e. The van der Waals surface area contributed by atoms with Crippen LogP contribution in [0, 0.1) is 6.92 Å². The van der Waals surface area contributed by atoms with Crippen LogP contribution in [0.4, 0.5) is 19.0 Å². The van der Waals surface area contributed by atoms with Crippen LogP contribution in [0.3, 0.4) is 0 Å². The lowest BCUT2D eigenvalue weighted by atomic mass is 10.0. The second-order valence-electron chi connectivity index (χ2n) is 6.52. The second-order valence-corrected chi connectivity index (χ2v) is 6.52. The maximum atomic E-state index is 12.8. The van der Waals surface area contributed by atoms with E-state index in [0.29, 0.717) is 29.2 Å². The van der Waals surface area contributed by atoms with Gasteiger partial charge in [-0.05, 0) is 56.1 Å². The van der Waals surface area contributed by atoms with E-state index in [2.05, 4.69) is 20.8 Å². The zero-order valence-corrected chi connectivity index (χ0v) is 14.4. The van der Waals surface area contributed by atoms with Gasteiger partial charge in [0.25, 0.3) is 0 Å². The molecule has 1 aliphatic heterocycles. The van der Waals surface area contributed by atoms with Crippen LogP contribution in [0.25, 0.3) is 11.3 Å². The Hall–Kier alpha value is -2.35. The fraction of sp³-hybridized carbons (Fsp3) is 0.444. The van der Waals surface area contributed by atoms with Crippen molar-refractivity contribution in [2.75, 3.05) is 18.4 Å². The van der Waals surface area contributed by atoms with E-state index in [1.807, 2.05) is 0 Å². The number of benzene rings is 1. The highest BCUT2D eigenvalue weighted by Crippen LogP contribution is 2.38. The maximum absolute atomic E-state index is 12.8. The van der Waals surface area contributed by atoms with Crippen molar-refractivity contribution in [3.63, 3.8) is 0 Å². The van der Waals surface area contributed by atoms with Gasteiger partial charge in [-0.3, -0.25) is 0 Å². The van der Waals surface area contributed by atoms with Crippen molar-refractivity contribution in [2.24, 2.45) is 0 Å². The summed E-state index contributed by atoms with van der Waals surface area (Å²) < 4.78 is 38.5. The first kappa shape index (κ1) is 18.4. The lowest BCUT2D eigenvalue weighted by Crippen LogP contribution is -2.39. The fourth-order valence-electron chi connectivity index (χ4n) is 3.15. The molecule has 0 amide bonds. The third kappa shape index (κ3) is 4.24. The molecule has 3 rings (SSSR count). The summed E-state index contributed by atoms with van der Waals surface area (Å²) in [5, 5.41) is 24.8. The average Bonchev–Trinajstić information content (AvgIpc) is 2.60. The number of anilines is 1. The number of hydrogen-bond donors (Lipinski definition) is 3. The minimum absolute atomic E-state index is 0.256. The molecule has 1 fully saturated rings. The van der Waals surface area contributed by atoms with Crippen LogP contribution in [0.2, 0.25) is 0 Å². The molecule has 1 aliphatic rings. The smallest absolute Gasteiger partial charge is 0.416 e. The topological polar surface area (TPSA) is 70.1 Å². The normalized spacial score (nSPS) is 17.9. The molecule has 26 heavy (non-hydrogen) atoms. The van der Waals surface area contributed by atoms with E-state index in [1.54, 1.807) is 12.1 Å². The Balaban J connectivity index is 1.74. The molecular formula is C18H21F3N4O. The van der Waals surface area contributed by atoms with E-state index in [0.717, 1.165) is 25.6 Å². The van der Waals surface area contributed by atoms with Crippen molar-refractivity contribution in [1.82, 2.24) is 15.5 Å². The average molecular weight is 366 g/mol. The predicted molar refractivity (Wildman–Crippen MR) is 93.0 cm³/mol. The Bertz CT molecular complexity index is 733. The predicted octanol–water partition coefficient (Wildman–Crippen LogP) is 3.73. The number of rotatable bonds is 4. The Morgan fingerprint density at radius 1 is 1.23 bits per heavy atom. The number of aromatic hydroxyl groups is 1. The Morgan fingerprint density at radius 3 is 2.62 bits per heavy atom. The highest BCUT2D eigenvalue weighted by atomic mass is 19.4. The number of phenols is 1. The zero-order valence-electron chi connectivity index (χ0n) is 14.4. The lowest BCUT2D eigenvalue weighted by Gasteiger charge is -2.23. The molecule has 0 radical (unpaired) electrons. The van der Waals surface area contributed by atoms with Gasteiger partial charge < -0.3 is 15.7 Å². The first-order chi connectivity index (χ1) is 12.3. The first-order valence-electron chi connectivity index (χ1n) is 8.57. The van der Waals surface area contributed by atoms with E-state index in [-0.39, 0.29) is 5.56 Å². The SMILES string of the molecule is Cc1cc(C(F)(F)F)cc(O)c1-c1ccc(NC[C@H]2CCCCN2)nn1.